The Hall–Kier alpha value is -3.39. The van der Waals surface area contributed by atoms with Crippen molar-refractivity contribution in [3.05, 3.63) is 52.8 Å². The highest BCUT2D eigenvalue weighted by atomic mass is 16.5. The van der Waals surface area contributed by atoms with Crippen LogP contribution in [0.3, 0.4) is 0 Å². The van der Waals surface area contributed by atoms with E-state index in [1.165, 1.54) is 22.9 Å². The number of aromatic nitrogens is 3. The smallest absolute Gasteiger partial charge is 0.258 e. The van der Waals surface area contributed by atoms with Gasteiger partial charge < -0.3 is 26.2 Å². The van der Waals surface area contributed by atoms with Crippen molar-refractivity contribution in [1.82, 2.24) is 19.9 Å². The van der Waals surface area contributed by atoms with Gasteiger partial charge in [-0.2, -0.15) is 0 Å². The SMILES string of the molecule is Cc1cc(-c2cnc(N)c(OCc3ccnc(N)c3O)n2)cc2c1CCN(C)C2. The maximum atomic E-state index is 10.0. The molecule has 0 spiro atoms. The van der Waals surface area contributed by atoms with Crippen molar-refractivity contribution in [2.75, 3.05) is 25.1 Å². The quantitative estimate of drug-likeness (QED) is 0.618. The summed E-state index contributed by atoms with van der Waals surface area (Å²) in [7, 11) is 2.13. The van der Waals surface area contributed by atoms with E-state index in [2.05, 4.69) is 46.0 Å². The van der Waals surface area contributed by atoms with Gasteiger partial charge in [0.25, 0.3) is 5.88 Å². The fourth-order valence-corrected chi connectivity index (χ4v) is 3.61. The largest absolute Gasteiger partial charge is 0.504 e. The number of nitrogens with two attached hydrogens (primary N) is 2. The molecule has 0 radical (unpaired) electrons. The fraction of sp³-hybridized carbons (Fsp3) is 0.286. The molecule has 1 aromatic carbocycles. The van der Waals surface area contributed by atoms with E-state index in [0.29, 0.717) is 11.3 Å². The van der Waals surface area contributed by atoms with Crippen molar-refractivity contribution >= 4 is 11.6 Å². The molecule has 8 heteroatoms. The van der Waals surface area contributed by atoms with E-state index in [1.54, 1.807) is 12.3 Å². The third-order valence-electron chi connectivity index (χ3n) is 5.21. The summed E-state index contributed by atoms with van der Waals surface area (Å²) in [5.74, 6) is 0.340. The number of rotatable bonds is 4. The van der Waals surface area contributed by atoms with Gasteiger partial charge in [-0.05, 0) is 55.3 Å². The molecule has 3 heterocycles. The van der Waals surface area contributed by atoms with Crippen LogP contribution in [0.2, 0.25) is 0 Å². The number of anilines is 2. The van der Waals surface area contributed by atoms with E-state index in [0.717, 1.165) is 25.1 Å². The van der Waals surface area contributed by atoms with E-state index in [4.69, 9.17) is 16.2 Å². The predicted octanol–water partition coefficient (Wildman–Crippen LogP) is 2.28. The van der Waals surface area contributed by atoms with Crippen molar-refractivity contribution in [2.45, 2.75) is 26.5 Å². The van der Waals surface area contributed by atoms with Crippen LogP contribution in [0.15, 0.2) is 30.6 Å². The van der Waals surface area contributed by atoms with Crippen LogP contribution in [0.5, 0.6) is 11.6 Å². The third kappa shape index (κ3) is 3.79. The number of hydrogen-bond acceptors (Lipinski definition) is 8. The molecular weight excluding hydrogens is 368 g/mol. The molecule has 4 rings (SSSR count). The lowest BCUT2D eigenvalue weighted by Gasteiger charge is -2.27. The molecule has 0 saturated heterocycles. The summed E-state index contributed by atoms with van der Waals surface area (Å²) in [4.78, 5) is 14.9. The van der Waals surface area contributed by atoms with Crippen LogP contribution in [0, 0.1) is 6.92 Å². The number of nitrogen functional groups attached to an aromatic ring is 2. The molecule has 0 aliphatic carbocycles. The Morgan fingerprint density at radius 3 is 2.86 bits per heavy atom. The monoisotopic (exact) mass is 392 g/mol. The van der Waals surface area contributed by atoms with Gasteiger partial charge >= 0.3 is 0 Å². The summed E-state index contributed by atoms with van der Waals surface area (Å²) in [6, 6.07) is 5.92. The normalized spacial score (nSPS) is 13.9. The Bertz CT molecular complexity index is 1070. The van der Waals surface area contributed by atoms with Crippen LogP contribution in [0.25, 0.3) is 11.3 Å². The zero-order valence-electron chi connectivity index (χ0n) is 16.5. The number of benzene rings is 1. The minimum Gasteiger partial charge on any atom is -0.504 e. The minimum atomic E-state index is -0.107. The molecule has 0 unspecified atom stereocenters. The Kier molecular flexibility index (Phi) is 4.94. The Labute approximate surface area is 169 Å². The second kappa shape index (κ2) is 7.56. The van der Waals surface area contributed by atoms with Crippen LogP contribution in [-0.4, -0.2) is 38.6 Å². The molecule has 1 aliphatic rings. The first-order valence-corrected chi connectivity index (χ1v) is 9.41. The van der Waals surface area contributed by atoms with Crippen molar-refractivity contribution in [3.63, 3.8) is 0 Å². The molecule has 8 nitrogen and oxygen atoms in total. The zero-order chi connectivity index (χ0) is 20.5. The molecule has 0 amide bonds. The molecule has 0 bridgehead atoms. The highest BCUT2D eigenvalue weighted by Crippen LogP contribution is 2.30. The standard InChI is InChI=1S/C21H24N6O2/c1-12-7-14(8-15-10-27(2)6-4-16(12)15)17-9-25-20(23)21(26-17)29-11-13-3-5-24-19(22)18(13)28/h3,5,7-9,28H,4,6,10-11H2,1-2H3,(H2,22,24)(H2,23,25). The van der Waals surface area contributed by atoms with E-state index < -0.39 is 0 Å². The Balaban J connectivity index is 1.63. The van der Waals surface area contributed by atoms with Gasteiger partial charge in [-0.25, -0.2) is 15.0 Å². The van der Waals surface area contributed by atoms with Crippen LogP contribution < -0.4 is 16.2 Å². The second-order valence-electron chi connectivity index (χ2n) is 7.36. The van der Waals surface area contributed by atoms with Crippen molar-refractivity contribution in [2.24, 2.45) is 0 Å². The van der Waals surface area contributed by atoms with Crippen LogP contribution in [-0.2, 0) is 19.6 Å². The van der Waals surface area contributed by atoms with Gasteiger partial charge in [-0.3, -0.25) is 0 Å². The second-order valence-corrected chi connectivity index (χ2v) is 7.36. The molecular formula is C21H24N6O2. The number of nitrogens with zero attached hydrogens (tertiary/aromatic N) is 4. The van der Waals surface area contributed by atoms with Crippen LogP contribution >= 0.6 is 0 Å². The van der Waals surface area contributed by atoms with Gasteiger partial charge in [-0.1, -0.05) is 0 Å². The molecule has 150 valence electrons. The van der Waals surface area contributed by atoms with Crippen LogP contribution in [0.4, 0.5) is 11.6 Å². The number of aryl methyl sites for hydroxylation is 1. The molecule has 0 atom stereocenters. The number of likely N-dealkylation sites (N-methyl/N-ethyl adjacent to an activating group) is 1. The topological polar surface area (TPSA) is 123 Å². The summed E-state index contributed by atoms with van der Waals surface area (Å²) in [5, 5.41) is 10.0. The Morgan fingerprint density at radius 1 is 1.21 bits per heavy atom. The maximum Gasteiger partial charge on any atom is 0.258 e. The van der Waals surface area contributed by atoms with E-state index in [-0.39, 0.29) is 29.9 Å². The highest BCUT2D eigenvalue weighted by molar-refractivity contribution is 5.64. The fourth-order valence-electron chi connectivity index (χ4n) is 3.61. The lowest BCUT2D eigenvalue weighted by molar-refractivity contribution is 0.288. The van der Waals surface area contributed by atoms with Gasteiger partial charge in [0.15, 0.2) is 17.4 Å². The van der Waals surface area contributed by atoms with Gasteiger partial charge in [-0.15, -0.1) is 0 Å². The summed E-state index contributed by atoms with van der Waals surface area (Å²) in [6.45, 7) is 4.17. The number of ether oxygens (including phenoxy) is 1. The third-order valence-corrected chi connectivity index (χ3v) is 5.21. The Morgan fingerprint density at radius 2 is 2.03 bits per heavy atom. The lowest BCUT2D eigenvalue weighted by Crippen LogP contribution is -2.27. The molecule has 0 fully saturated rings. The number of fused-ring (bicyclic) bond motifs is 1. The van der Waals surface area contributed by atoms with Gasteiger partial charge in [0.05, 0.1) is 11.9 Å². The van der Waals surface area contributed by atoms with E-state index >= 15 is 0 Å². The summed E-state index contributed by atoms with van der Waals surface area (Å²) < 4.78 is 5.73. The number of aromatic hydroxyl groups is 1. The van der Waals surface area contributed by atoms with Crippen molar-refractivity contribution < 1.29 is 9.84 Å². The summed E-state index contributed by atoms with van der Waals surface area (Å²) in [6.07, 6.45) is 4.21. The van der Waals surface area contributed by atoms with Crippen LogP contribution in [0.1, 0.15) is 22.3 Å². The lowest BCUT2D eigenvalue weighted by atomic mass is 9.92. The van der Waals surface area contributed by atoms with Gasteiger partial charge in [0.1, 0.15) is 6.61 Å². The van der Waals surface area contributed by atoms with Gasteiger partial charge in [0.2, 0.25) is 0 Å². The number of hydrogen-bond donors (Lipinski definition) is 3. The van der Waals surface area contributed by atoms with Crippen molar-refractivity contribution in [1.29, 1.82) is 0 Å². The maximum absolute atomic E-state index is 10.0. The molecule has 2 aromatic heterocycles. The first-order chi connectivity index (χ1) is 13.9. The average molecular weight is 392 g/mol. The van der Waals surface area contributed by atoms with E-state index in [9.17, 15) is 5.11 Å². The van der Waals surface area contributed by atoms with Crippen molar-refractivity contribution in [3.8, 4) is 22.9 Å². The molecule has 29 heavy (non-hydrogen) atoms. The predicted molar refractivity (Wildman–Crippen MR) is 111 cm³/mol. The molecule has 3 aromatic rings. The summed E-state index contributed by atoms with van der Waals surface area (Å²) in [5.41, 5.74) is 17.7. The zero-order valence-corrected chi connectivity index (χ0v) is 16.5. The first kappa shape index (κ1) is 18.9. The number of pyridine rings is 1. The first-order valence-electron chi connectivity index (χ1n) is 9.41. The highest BCUT2D eigenvalue weighted by Gasteiger charge is 2.18. The average Bonchev–Trinajstić information content (AvgIpc) is 2.69. The molecule has 0 saturated carbocycles. The molecule has 1 aliphatic heterocycles. The van der Waals surface area contributed by atoms with Gasteiger partial charge in [0, 0.05) is 30.4 Å². The molecule has 5 N–H and O–H groups in total. The summed E-state index contributed by atoms with van der Waals surface area (Å²) >= 11 is 0. The minimum absolute atomic E-state index is 0.0495. The van der Waals surface area contributed by atoms with E-state index in [1.807, 2.05) is 0 Å².